The average molecular weight is 323 g/mol. The molecule has 10 nitrogen and oxygen atoms in total. The van der Waals surface area contributed by atoms with Crippen molar-refractivity contribution in [1.29, 1.82) is 0 Å². The van der Waals surface area contributed by atoms with Crippen LogP contribution in [0.5, 0.6) is 5.88 Å². The van der Waals surface area contributed by atoms with E-state index in [1.165, 1.54) is 38.3 Å². The average Bonchev–Trinajstić information content (AvgIpc) is 3.09. The monoisotopic (exact) mass is 323 g/mol. The van der Waals surface area contributed by atoms with Gasteiger partial charge in [0.2, 0.25) is 5.88 Å². The van der Waals surface area contributed by atoms with Gasteiger partial charge >= 0.3 is 0 Å². The number of aliphatic hydroxyl groups is 2. The summed E-state index contributed by atoms with van der Waals surface area (Å²) in [4.78, 5) is 24.2. The van der Waals surface area contributed by atoms with Crippen molar-refractivity contribution in [2.75, 3.05) is 14.2 Å². The minimum Gasteiger partial charge on any atom is -0.479 e. The van der Waals surface area contributed by atoms with E-state index in [0.717, 1.165) is 0 Å². The maximum atomic E-state index is 12.0. The number of carbonyl (C=O) groups is 1. The molecule has 2 aromatic heterocycles. The molecule has 0 spiro atoms. The number of fused-ring (bicyclic) bond motifs is 1. The predicted molar refractivity (Wildman–Crippen MR) is 76.5 cm³/mol. The number of hydrogen-bond acceptors (Lipinski definition) is 8. The van der Waals surface area contributed by atoms with E-state index >= 15 is 0 Å². The molecule has 3 heterocycles. The minimum absolute atomic E-state index is 0.274. The minimum atomic E-state index is -1.59. The highest BCUT2D eigenvalue weighted by atomic mass is 16.6. The van der Waals surface area contributed by atoms with Gasteiger partial charge < -0.3 is 25.0 Å². The highest BCUT2D eigenvalue weighted by Gasteiger charge is 2.56. The lowest BCUT2D eigenvalue weighted by molar-refractivity contribution is -0.154. The maximum absolute atomic E-state index is 12.0. The second-order valence-corrected chi connectivity index (χ2v) is 5.34. The van der Waals surface area contributed by atoms with Gasteiger partial charge in [-0.2, -0.15) is 4.98 Å². The van der Waals surface area contributed by atoms with Gasteiger partial charge in [0.15, 0.2) is 23.0 Å². The first-order chi connectivity index (χ1) is 10.9. The van der Waals surface area contributed by atoms with E-state index in [9.17, 15) is 15.0 Å². The lowest BCUT2D eigenvalue weighted by Gasteiger charge is -2.25. The molecule has 0 radical (unpaired) electrons. The largest absolute Gasteiger partial charge is 0.479 e. The summed E-state index contributed by atoms with van der Waals surface area (Å²) in [5.41, 5.74) is -0.852. The van der Waals surface area contributed by atoms with Gasteiger partial charge in [-0.15, -0.1) is 0 Å². The standard InChI is InChI=1S/C13H17N5O5/c1-13(12(21)14-2)8(20)7(19)11(23-13)18-5-17-6-9(18)15-4-16-10(6)22-3/h4-5,7-8,11,19-20H,1-3H3,(H,14,21)/t7-,8+,11-,13+/m1/s1. The van der Waals surface area contributed by atoms with Crippen molar-refractivity contribution in [3.63, 3.8) is 0 Å². The fourth-order valence-electron chi connectivity index (χ4n) is 2.70. The normalized spacial score (nSPS) is 30.6. The van der Waals surface area contributed by atoms with Crippen LogP contribution >= 0.6 is 0 Å². The van der Waals surface area contributed by atoms with E-state index in [4.69, 9.17) is 9.47 Å². The number of aliphatic hydroxyl groups excluding tert-OH is 2. The van der Waals surface area contributed by atoms with E-state index in [1.807, 2.05) is 0 Å². The zero-order chi connectivity index (χ0) is 16.8. The van der Waals surface area contributed by atoms with Crippen molar-refractivity contribution >= 4 is 17.1 Å². The number of amides is 1. The van der Waals surface area contributed by atoms with Gasteiger partial charge in [0.05, 0.1) is 13.4 Å². The first-order valence-corrected chi connectivity index (χ1v) is 6.91. The molecular weight excluding hydrogens is 306 g/mol. The van der Waals surface area contributed by atoms with E-state index in [-0.39, 0.29) is 5.88 Å². The van der Waals surface area contributed by atoms with Crippen molar-refractivity contribution in [3.8, 4) is 5.88 Å². The highest BCUT2D eigenvalue weighted by molar-refractivity contribution is 5.86. The Kier molecular flexibility index (Phi) is 3.66. The fourth-order valence-corrected chi connectivity index (χ4v) is 2.70. The second kappa shape index (κ2) is 5.41. The first-order valence-electron chi connectivity index (χ1n) is 6.91. The number of imidazole rings is 1. The van der Waals surface area contributed by atoms with Gasteiger partial charge in [-0.3, -0.25) is 9.36 Å². The molecule has 1 aliphatic rings. The molecule has 1 saturated heterocycles. The highest BCUT2D eigenvalue weighted by Crippen LogP contribution is 2.38. The van der Waals surface area contributed by atoms with Crippen LogP contribution in [0.2, 0.25) is 0 Å². The van der Waals surface area contributed by atoms with Crippen LogP contribution in [-0.4, -0.2) is 67.6 Å². The zero-order valence-corrected chi connectivity index (χ0v) is 12.8. The maximum Gasteiger partial charge on any atom is 0.254 e. The predicted octanol–water partition coefficient (Wildman–Crippen LogP) is -1.41. The molecule has 0 bridgehead atoms. The molecule has 1 fully saturated rings. The summed E-state index contributed by atoms with van der Waals surface area (Å²) in [6.07, 6.45) is -1.10. The van der Waals surface area contributed by atoms with Crippen molar-refractivity contribution in [2.45, 2.75) is 31.0 Å². The molecule has 2 aromatic rings. The van der Waals surface area contributed by atoms with Gasteiger partial charge in [-0.1, -0.05) is 0 Å². The number of likely N-dealkylation sites (N-methyl/N-ethyl adjacent to an activating group) is 1. The fraction of sp³-hybridized carbons (Fsp3) is 0.538. The number of carbonyl (C=O) groups excluding carboxylic acids is 1. The van der Waals surface area contributed by atoms with Gasteiger partial charge in [-0.05, 0) is 6.92 Å². The van der Waals surface area contributed by atoms with Crippen LogP contribution in [0.1, 0.15) is 13.2 Å². The Morgan fingerprint density at radius 3 is 2.83 bits per heavy atom. The molecule has 124 valence electrons. The molecule has 0 saturated carbocycles. The summed E-state index contributed by atoms with van der Waals surface area (Å²) >= 11 is 0. The van der Waals surface area contributed by atoms with Gasteiger partial charge in [-0.25, -0.2) is 9.97 Å². The second-order valence-electron chi connectivity index (χ2n) is 5.34. The molecule has 1 amide bonds. The summed E-state index contributed by atoms with van der Waals surface area (Å²) in [6.45, 7) is 1.41. The Morgan fingerprint density at radius 2 is 2.17 bits per heavy atom. The SMILES string of the molecule is CNC(=O)[C@@]1(C)O[C@@H](n2cnc3c(OC)ncnc32)[C@H](O)[C@@H]1O. The van der Waals surface area contributed by atoms with Gasteiger partial charge in [0, 0.05) is 7.05 Å². The molecule has 1 aliphatic heterocycles. The summed E-state index contributed by atoms with van der Waals surface area (Å²) < 4.78 is 12.2. The Labute approximate surface area is 131 Å². The van der Waals surface area contributed by atoms with Crippen LogP contribution in [0.25, 0.3) is 11.2 Å². The Bertz CT molecular complexity index is 749. The van der Waals surface area contributed by atoms with Crippen LogP contribution in [0.4, 0.5) is 0 Å². The number of aromatic nitrogens is 4. The molecule has 0 aromatic carbocycles. The van der Waals surface area contributed by atoms with E-state index in [2.05, 4.69) is 20.3 Å². The number of rotatable bonds is 3. The van der Waals surface area contributed by atoms with E-state index in [1.54, 1.807) is 0 Å². The van der Waals surface area contributed by atoms with Crippen LogP contribution in [0, 0.1) is 0 Å². The van der Waals surface area contributed by atoms with Gasteiger partial charge in [0.25, 0.3) is 5.91 Å². The lowest BCUT2D eigenvalue weighted by atomic mass is 9.96. The van der Waals surface area contributed by atoms with Crippen LogP contribution in [0.3, 0.4) is 0 Å². The summed E-state index contributed by atoms with van der Waals surface area (Å²) in [7, 11) is 2.88. The number of methoxy groups -OCH3 is 1. The van der Waals surface area contributed by atoms with Crippen molar-refractivity contribution < 1.29 is 24.5 Å². The molecule has 23 heavy (non-hydrogen) atoms. The van der Waals surface area contributed by atoms with Crippen LogP contribution < -0.4 is 10.1 Å². The molecule has 3 N–H and O–H groups in total. The quantitative estimate of drug-likeness (QED) is 0.628. The number of nitrogens with zero attached hydrogens (tertiary/aromatic N) is 4. The summed E-state index contributed by atoms with van der Waals surface area (Å²) in [5, 5.41) is 23.0. The number of ether oxygens (including phenoxy) is 2. The molecule has 0 aliphatic carbocycles. The topological polar surface area (TPSA) is 132 Å². The molecule has 0 unspecified atom stereocenters. The number of hydrogen-bond donors (Lipinski definition) is 3. The third-order valence-electron chi connectivity index (χ3n) is 4.02. The van der Waals surface area contributed by atoms with Crippen LogP contribution in [0.15, 0.2) is 12.7 Å². The van der Waals surface area contributed by atoms with Crippen molar-refractivity contribution in [1.82, 2.24) is 24.8 Å². The Balaban J connectivity index is 2.05. The van der Waals surface area contributed by atoms with Gasteiger partial charge in [0.1, 0.15) is 18.5 Å². The third-order valence-corrected chi connectivity index (χ3v) is 4.02. The molecular formula is C13H17N5O5. The Hall–Kier alpha value is -2.30. The molecule has 4 atom stereocenters. The van der Waals surface area contributed by atoms with Crippen molar-refractivity contribution in [3.05, 3.63) is 12.7 Å². The third kappa shape index (κ3) is 2.14. The molecule has 3 rings (SSSR count). The number of nitrogens with one attached hydrogen (secondary N) is 1. The first kappa shape index (κ1) is 15.6. The smallest absolute Gasteiger partial charge is 0.254 e. The van der Waals surface area contributed by atoms with E-state index in [0.29, 0.717) is 11.2 Å². The zero-order valence-electron chi connectivity index (χ0n) is 12.8. The Morgan fingerprint density at radius 1 is 1.43 bits per heavy atom. The van der Waals surface area contributed by atoms with Crippen LogP contribution in [-0.2, 0) is 9.53 Å². The van der Waals surface area contributed by atoms with Crippen molar-refractivity contribution in [2.24, 2.45) is 0 Å². The van der Waals surface area contributed by atoms with E-state index < -0.39 is 29.9 Å². The lowest BCUT2D eigenvalue weighted by Crippen LogP contribution is -2.51. The summed E-state index contributed by atoms with van der Waals surface area (Å²) in [5.74, 6) is -0.265. The molecule has 10 heteroatoms. The summed E-state index contributed by atoms with van der Waals surface area (Å²) in [6, 6.07) is 0.